The molecule has 1 aliphatic rings. The number of halogens is 1. The maximum Gasteiger partial charge on any atom is 0.101 e. The van der Waals surface area contributed by atoms with Crippen LogP contribution in [0.15, 0.2) is 18.2 Å². The Balaban J connectivity index is 2.22. The standard InChI is InChI=1S/C15H19ClN2O/c16-15-10-14(7-6-12(15)11-17)18(8-9-19)13-4-2-1-3-5-13/h6-7,10,13,19H,1-5,8-9H2. The third-order valence-electron chi connectivity index (χ3n) is 3.76. The summed E-state index contributed by atoms with van der Waals surface area (Å²) >= 11 is 6.10. The van der Waals surface area contributed by atoms with Gasteiger partial charge in [0.25, 0.3) is 0 Å². The Hall–Kier alpha value is -1.24. The minimum absolute atomic E-state index is 0.133. The zero-order valence-electron chi connectivity index (χ0n) is 11.0. The van der Waals surface area contributed by atoms with Crippen LogP contribution in [0.4, 0.5) is 5.69 Å². The van der Waals surface area contributed by atoms with Crippen LogP contribution in [0.1, 0.15) is 37.7 Å². The van der Waals surface area contributed by atoms with E-state index in [-0.39, 0.29) is 6.61 Å². The minimum Gasteiger partial charge on any atom is -0.395 e. The Morgan fingerprint density at radius 1 is 1.32 bits per heavy atom. The topological polar surface area (TPSA) is 47.3 Å². The summed E-state index contributed by atoms with van der Waals surface area (Å²) in [7, 11) is 0. The van der Waals surface area contributed by atoms with Crippen LogP contribution in [0.5, 0.6) is 0 Å². The highest BCUT2D eigenvalue weighted by Crippen LogP contribution is 2.29. The third-order valence-corrected chi connectivity index (χ3v) is 4.07. The fraction of sp³-hybridized carbons (Fsp3) is 0.533. The Morgan fingerprint density at radius 2 is 2.05 bits per heavy atom. The fourth-order valence-corrected chi connectivity index (χ4v) is 3.01. The maximum absolute atomic E-state index is 9.27. The molecule has 1 aromatic rings. The molecule has 0 aromatic heterocycles. The molecule has 0 atom stereocenters. The number of nitriles is 1. The van der Waals surface area contributed by atoms with Crippen LogP contribution in [0.3, 0.4) is 0 Å². The van der Waals surface area contributed by atoms with Crippen LogP contribution in [-0.4, -0.2) is 24.3 Å². The number of anilines is 1. The van der Waals surface area contributed by atoms with Gasteiger partial charge in [0.05, 0.1) is 17.2 Å². The highest BCUT2D eigenvalue weighted by atomic mass is 35.5. The van der Waals surface area contributed by atoms with E-state index in [0.717, 1.165) is 18.5 Å². The molecule has 19 heavy (non-hydrogen) atoms. The molecule has 0 aliphatic heterocycles. The second-order valence-corrected chi connectivity index (χ2v) is 5.39. The molecule has 0 spiro atoms. The van der Waals surface area contributed by atoms with E-state index < -0.39 is 0 Å². The lowest BCUT2D eigenvalue weighted by Gasteiger charge is -2.36. The monoisotopic (exact) mass is 278 g/mol. The highest BCUT2D eigenvalue weighted by Gasteiger charge is 2.21. The summed E-state index contributed by atoms with van der Waals surface area (Å²) < 4.78 is 0. The van der Waals surface area contributed by atoms with Crippen molar-refractivity contribution in [3.8, 4) is 6.07 Å². The molecular weight excluding hydrogens is 260 g/mol. The number of aliphatic hydroxyl groups is 1. The van der Waals surface area contributed by atoms with Gasteiger partial charge in [0.1, 0.15) is 6.07 Å². The second-order valence-electron chi connectivity index (χ2n) is 4.98. The molecule has 0 radical (unpaired) electrons. The number of benzene rings is 1. The number of aliphatic hydroxyl groups excluding tert-OH is 1. The van der Waals surface area contributed by atoms with Crippen molar-refractivity contribution in [2.75, 3.05) is 18.1 Å². The number of rotatable bonds is 4. The van der Waals surface area contributed by atoms with Crippen molar-refractivity contribution in [3.63, 3.8) is 0 Å². The molecule has 1 fully saturated rings. The number of hydrogen-bond donors (Lipinski definition) is 1. The van der Waals surface area contributed by atoms with E-state index in [4.69, 9.17) is 16.9 Å². The van der Waals surface area contributed by atoms with Crippen molar-refractivity contribution in [1.82, 2.24) is 0 Å². The van der Waals surface area contributed by atoms with Crippen LogP contribution in [0, 0.1) is 11.3 Å². The van der Waals surface area contributed by atoms with E-state index in [1.807, 2.05) is 12.1 Å². The molecule has 1 aromatic carbocycles. The van der Waals surface area contributed by atoms with Crippen molar-refractivity contribution in [2.24, 2.45) is 0 Å². The van der Waals surface area contributed by atoms with Gasteiger partial charge in [-0.15, -0.1) is 0 Å². The Labute approximate surface area is 119 Å². The van der Waals surface area contributed by atoms with E-state index in [1.165, 1.54) is 19.3 Å². The highest BCUT2D eigenvalue weighted by molar-refractivity contribution is 6.32. The molecule has 2 rings (SSSR count). The zero-order chi connectivity index (χ0) is 13.7. The van der Waals surface area contributed by atoms with Gasteiger partial charge in [-0.05, 0) is 31.0 Å². The average Bonchev–Trinajstić information content (AvgIpc) is 2.45. The number of hydrogen-bond acceptors (Lipinski definition) is 3. The van der Waals surface area contributed by atoms with Crippen LogP contribution in [-0.2, 0) is 0 Å². The van der Waals surface area contributed by atoms with E-state index >= 15 is 0 Å². The lowest BCUT2D eigenvalue weighted by atomic mass is 9.93. The fourth-order valence-electron chi connectivity index (χ4n) is 2.80. The molecular formula is C15H19ClN2O. The summed E-state index contributed by atoms with van der Waals surface area (Å²) in [6.45, 7) is 0.751. The van der Waals surface area contributed by atoms with E-state index in [9.17, 15) is 5.11 Å². The van der Waals surface area contributed by atoms with Crippen LogP contribution in [0.25, 0.3) is 0 Å². The molecule has 3 nitrogen and oxygen atoms in total. The molecule has 102 valence electrons. The van der Waals surface area contributed by atoms with Gasteiger partial charge in [-0.25, -0.2) is 0 Å². The van der Waals surface area contributed by atoms with Crippen LogP contribution in [0.2, 0.25) is 5.02 Å². The SMILES string of the molecule is N#Cc1ccc(N(CCO)C2CCCCC2)cc1Cl. The Bertz CT molecular complexity index is 464. The van der Waals surface area contributed by atoms with Crippen molar-refractivity contribution >= 4 is 17.3 Å². The minimum atomic E-state index is 0.133. The van der Waals surface area contributed by atoms with Crippen molar-refractivity contribution in [3.05, 3.63) is 28.8 Å². The van der Waals surface area contributed by atoms with Gasteiger partial charge in [0, 0.05) is 18.3 Å². The molecule has 1 saturated carbocycles. The molecule has 0 amide bonds. The van der Waals surface area contributed by atoms with Gasteiger partial charge in [-0.3, -0.25) is 0 Å². The quantitative estimate of drug-likeness (QED) is 0.919. The predicted octanol–water partition coefficient (Wildman–Crippen LogP) is 3.34. The first-order valence-electron chi connectivity index (χ1n) is 6.83. The molecule has 1 aliphatic carbocycles. The first-order valence-corrected chi connectivity index (χ1v) is 7.21. The summed E-state index contributed by atoms with van der Waals surface area (Å²) in [6.07, 6.45) is 6.13. The molecule has 0 heterocycles. The first-order chi connectivity index (χ1) is 9.26. The van der Waals surface area contributed by atoms with Gasteiger partial charge in [0.15, 0.2) is 0 Å². The first kappa shape index (κ1) is 14.2. The van der Waals surface area contributed by atoms with Crippen molar-refractivity contribution in [2.45, 2.75) is 38.1 Å². The predicted molar refractivity (Wildman–Crippen MR) is 77.5 cm³/mol. The lowest BCUT2D eigenvalue weighted by molar-refractivity contribution is 0.290. The molecule has 0 unspecified atom stereocenters. The molecule has 0 bridgehead atoms. The second kappa shape index (κ2) is 6.79. The van der Waals surface area contributed by atoms with Crippen molar-refractivity contribution < 1.29 is 5.11 Å². The van der Waals surface area contributed by atoms with Gasteiger partial charge >= 0.3 is 0 Å². The summed E-state index contributed by atoms with van der Waals surface area (Å²) in [6, 6.07) is 8.07. The maximum atomic E-state index is 9.27. The van der Waals surface area contributed by atoms with Gasteiger partial charge in [0.2, 0.25) is 0 Å². The summed E-state index contributed by atoms with van der Waals surface area (Å²) in [5.74, 6) is 0. The molecule has 0 saturated heterocycles. The molecule has 4 heteroatoms. The average molecular weight is 279 g/mol. The summed E-state index contributed by atoms with van der Waals surface area (Å²) in [5.41, 5.74) is 1.50. The normalized spacial score (nSPS) is 16.1. The van der Waals surface area contributed by atoms with Gasteiger partial charge < -0.3 is 10.0 Å². The van der Waals surface area contributed by atoms with E-state index in [0.29, 0.717) is 23.2 Å². The smallest absolute Gasteiger partial charge is 0.101 e. The third kappa shape index (κ3) is 3.40. The van der Waals surface area contributed by atoms with Gasteiger partial charge in [-0.2, -0.15) is 5.26 Å². The van der Waals surface area contributed by atoms with Gasteiger partial charge in [-0.1, -0.05) is 30.9 Å². The van der Waals surface area contributed by atoms with Crippen LogP contribution < -0.4 is 4.90 Å². The molecule has 1 N–H and O–H groups in total. The lowest BCUT2D eigenvalue weighted by Crippen LogP contribution is -2.38. The van der Waals surface area contributed by atoms with E-state index in [2.05, 4.69) is 11.0 Å². The largest absolute Gasteiger partial charge is 0.395 e. The van der Waals surface area contributed by atoms with E-state index in [1.54, 1.807) is 6.07 Å². The zero-order valence-corrected chi connectivity index (χ0v) is 11.7. The summed E-state index contributed by atoms with van der Waals surface area (Å²) in [4.78, 5) is 2.23. The Kier molecular flexibility index (Phi) is 5.07. The van der Waals surface area contributed by atoms with Crippen molar-refractivity contribution in [1.29, 1.82) is 5.26 Å². The number of nitrogens with zero attached hydrogens (tertiary/aromatic N) is 2. The Morgan fingerprint density at radius 3 is 2.63 bits per heavy atom. The van der Waals surface area contributed by atoms with Crippen LogP contribution >= 0.6 is 11.6 Å². The summed E-state index contributed by atoms with van der Waals surface area (Å²) in [5, 5.41) is 18.7.